The molecule has 2 aromatic rings. The van der Waals surface area contributed by atoms with Crippen molar-refractivity contribution in [2.24, 2.45) is 0 Å². The van der Waals surface area contributed by atoms with Gasteiger partial charge >= 0.3 is 6.09 Å². The van der Waals surface area contributed by atoms with Crippen LogP contribution in [0, 0.1) is 0 Å². The summed E-state index contributed by atoms with van der Waals surface area (Å²) in [6, 6.07) is 6.34. The average molecular weight is 384 g/mol. The van der Waals surface area contributed by atoms with Gasteiger partial charge in [0.25, 0.3) is 0 Å². The molecule has 28 heavy (non-hydrogen) atoms. The van der Waals surface area contributed by atoms with Gasteiger partial charge in [-0.25, -0.2) is 9.78 Å². The van der Waals surface area contributed by atoms with Crippen LogP contribution >= 0.6 is 0 Å². The molecule has 0 aromatic carbocycles. The lowest BCUT2D eigenvalue weighted by atomic mass is 9.90. The second-order valence-electron chi connectivity index (χ2n) is 7.83. The topological polar surface area (TPSA) is 76.5 Å². The van der Waals surface area contributed by atoms with Gasteiger partial charge < -0.3 is 14.6 Å². The Hall–Kier alpha value is -2.57. The van der Waals surface area contributed by atoms with Crippen LogP contribution in [0.25, 0.3) is 11.0 Å². The molecule has 1 aliphatic heterocycles. The zero-order chi connectivity index (χ0) is 19.5. The third-order valence-corrected chi connectivity index (χ3v) is 6.13. The van der Waals surface area contributed by atoms with Crippen molar-refractivity contribution in [3.8, 4) is 0 Å². The van der Waals surface area contributed by atoms with Gasteiger partial charge in [0.15, 0.2) is 0 Å². The molecule has 1 atom stereocenters. The summed E-state index contributed by atoms with van der Waals surface area (Å²) in [6.07, 6.45) is 10.0. The Balaban J connectivity index is 1.35. The molecule has 0 radical (unpaired) electrons. The van der Waals surface area contributed by atoms with Crippen LogP contribution in [0.1, 0.15) is 51.0 Å². The smallest absolute Gasteiger partial charge is 0.410 e. The Morgan fingerprint density at radius 3 is 2.75 bits per heavy atom. The van der Waals surface area contributed by atoms with Gasteiger partial charge in [-0.05, 0) is 63.1 Å². The van der Waals surface area contributed by atoms with E-state index in [4.69, 9.17) is 4.74 Å². The predicted molar refractivity (Wildman–Crippen MR) is 106 cm³/mol. The number of nitrogens with one attached hydrogen (secondary N) is 1. The summed E-state index contributed by atoms with van der Waals surface area (Å²) in [4.78, 5) is 30.9. The Labute approximate surface area is 165 Å². The first-order valence-electron chi connectivity index (χ1n) is 10.2. The summed E-state index contributed by atoms with van der Waals surface area (Å²) >= 11 is 0. The van der Waals surface area contributed by atoms with E-state index in [1.807, 2.05) is 12.3 Å². The van der Waals surface area contributed by atoms with Crippen LogP contribution in [0.15, 0.2) is 30.6 Å². The number of likely N-dealkylation sites (tertiary alicyclic amines) is 1. The van der Waals surface area contributed by atoms with Crippen molar-refractivity contribution < 1.29 is 14.3 Å². The fraction of sp³-hybridized carbons (Fsp3) is 0.571. The van der Waals surface area contributed by atoms with Gasteiger partial charge in [0, 0.05) is 36.4 Å². The van der Waals surface area contributed by atoms with Crippen LogP contribution in [0.5, 0.6) is 0 Å². The summed E-state index contributed by atoms with van der Waals surface area (Å²) in [5.41, 5.74) is 1.03. The highest BCUT2D eigenvalue weighted by Gasteiger charge is 2.34. The maximum atomic E-state index is 12.8. The van der Waals surface area contributed by atoms with Crippen LogP contribution in [0.3, 0.4) is 0 Å². The van der Waals surface area contributed by atoms with Gasteiger partial charge in [-0.1, -0.05) is 0 Å². The van der Waals surface area contributed by atoms with Gasteiger partial charge in [0.2, 0.25) is 5.91 Å². The van der Waals surface area contributed by atoms with Crippen LogP contribution in [-0.2, 0) is 9.53 Å². The average Bonchev–Trinajstić information content (AvgIpc) is 3.18. The second kappa shape index (κ2) is 8.20. The predicted octanol–water partition coefficient (Wildman–Crippen LogP) is 3.26. The van der Waals surface area contributed by atoms with Gasteiger partial charge in [-0.15, -0.1) is 0 Å². The van der Waals surface area contributed by atoms with Gasteiger partial charge in [0.1, 0.15) is 11.7 Å². The molecule has 150 valence electrons. The summed E-state index contributed by atoms with van der Waals surface area (Å²) in [5, 5.41) is 4.35. The molecular formula is C21H28N4O3. The number of aromatic nitrogens is 2. The molecule has 0 spiro atoms. The van der Waals surface area contributed by atoms with Crippen LogP contribution < -0.4 is 5.32 Å². The van der Waals surface area contributed by atoms with E-state index in [1.165, 1.54) is 7.11 Å². The Morgan fingerprint density at radius 1 is 1.14 bits per heavy atom. The summed E-state index contributed by atoms with van der Waals surface area (Å²) in [7, 11) is 1.37. The number of piperidine rings is 1. The van der Waals surface area contributed by atoms with Crippen molar-refractivity contribution in [3.05, 3.63) is 30.6 Å². The van der Waals surface area contributed by atoms with Crippen LogP contribution in [0.2, 0.25) is 0 Å². The molecule has 0 bridgehead atoms. The van der Waals surface area contributed by atoms with E-state index in [0.717, 1.165) is 49.6 Å². The van der Waals surface area contributed by atoms with E-state index in [1.54, 1.807) is 4.90 Å². The van der Waals surface area contributed by atoms with Gasteiger partial charge in [0.05, 0.1) is 7.11 Å². The minimum Gasteiger partial charge on any atom is -0.453 e. The first-order chi connectivity index (χ1) is 13.7. The molecule has 3 heterocycles. The largest absolute Gasteiger partial charge is 0.453 e. The Morgan fingerprint density at radius 2 is 1.96 bits per heavy atom. The summed E-state index contributed by atoms with van der Waals surface area (Å²) in [5.74, 6) is -0.0402. The molecule has 1 saturated carbocycles. The SMILES string of the molecule is COC(=O)N1CCCCC1C(=O)NC1CCC(n2ccc3cccnc32)CC1. The normalized spacial score (nSPS) is 25.5. The highest BCUT2D eigenvalue weighted by Crippen LogP contribution is 2.31. The van der Waals surface area contributed by atoms with Crippen molar-refractivity contribution in [2.45, 2.75) is 63.1 Å². The number of nitrogens with zero attached hydrogens (tertiary/aromatic N) is 3. The molecule has 1 N–H and O–H groups in total. The minimum atomic E-state index is -0.407. The number of ether oxygens (including phenoxy) is 1. The van der Waals surface area contributed by atoms with E-state index in [2.05, 4.69) is 33.2 Å². The minimum absolute atomic E-state index is 0.0402. The van der Waals surface area contributed by atoms with Crippen molar-refractivity contribution in [3.63, 3.8) is 0 Å². The second-order valence-corrected chi connectivity index (χ2v) is 7.83. The Bertz CT molecular complexity index is 841. The van der Waals surface area contributed by atoms with E-state index < -0.39 is 12.1 Å². The standard InChI is InChI=1S/C21H28N4O3/c1-28-21(27)25-13-3-2-6-18(25)20(26)23-16-7-9-17(10-8-16)24-14-11-15-5-4-12-22-19(15)24/h4-5,11-12,14,16-18H,2-3,6-10,13H2,1H3,(H,23,26). The quantitative estimate of drug-likeness (QED) is 0.881. The fourth-order valence-corrected chi connectivity index (χ4v) is 4.62. The van der Waals surface area contributed by atoms with Crippen LogP contribution in [0.4, 0.5) is 4.79 Å². The zero-order valence-electron chi connectivity index (χ0n) is 16.3. The number of hydrogen-bond acceptors (Lipinski definition) is 4. The first kappa shape index (κ1) is 18.8. The number of hydrogen-bond donors (Lipinski definition) is 1. The lowest BCUT2D eigenvalue weighted by Gasteiger charge is -2.36. The number of carbonyl (C=O) groups excluding carboxylic acids is 2. The molecule has 1 unspecified atom stereocenters. The molecule has 2 amide bonds. The monoisotopic (exact) mass is 384 g/mol. The molecule has 7 nitrogen and oxygen atoms in total. The molecule has 2 aromatic heterocycles. The van der Waals surface area contributed by atoms with E-state index in [9.17, 15) is 9.59 Å². The molecule has 7 heteroatoms. The fourth-order valence-electron chi connectivity index (χ4n) is 4.62. The number of amides is 2. The van der Waals surface area contributed by atoms with Crippen molar-refractivity contribution in [1.29, 1.82) is 0 Å². The van der Waals surface area contributed by atoms with E-state index in [0.29, 0.717) is 19.0 Å². The maximum absolute atomic E-state index is 12.8. The third kappa shape index (κ3) is 3.70. The molecule has 1 aliphatic carbocycles. The molecular weight excluding hydrogens is 356 g/mol. The first-order valence-corrected chi connectivity index (χ1v) is 10.2. The third-order valence-electron chi connectivity index (χ3n) is 6.13. The highest BCUT2D eigenvalue weighted by atomic mass is 16.5. The maximum Gasteiger partial charge on any atom is 0.410 e. The highest BCUT2D eigenvalue weighted by molar-refractivity contribution is 5.86. The molecule has 4 rings (SSSR count). The number of pyridine rings is 1. The Kier molecular flexibility index (Phi) is 5.50. The number of fused-ring (bicyclic) bond motifs is 1. The number of methoxy groups -OCH3 is 1. The molecule has 2 fully saturated rings. The molecule has 1 saturated heterocycles. The van der Waals surface area contributed by atoms with Crippen LogP contribution in [-0.4, -0.2) is 52.2 Å². The van der Waals surface area contributed by atoms with Crippen molar-refractivity contribution in [1.82, 2.24) is 19.8 Å². The van der Waals surface area contributed by atoms with E-state index >= 15 is 0 Å². The lowest BCUT2D eigenvalue weighted by Crippen LogP contribution is -2.54. The van der Waals surface area contributed by atoms with Crippen molar-refractivity contribution in [2.75, 3.05) is 13.7 Å². The number of rotatable bonds is 3. The summed E-state index contributed by atoms with van der Waals surface area (Å²) < 4.78 is 7.12. The number of carbonyl (C=O) groups is 2. The lowest BCUT2D eigenvalue weighted by molar-refractivity contribution is -0.128. The molecule has 2 aliphatic rings. The van der Waals surface area contributed by atoms with Gasteiger partial charge in [-0.3, -0.25) is 9.69 Å². The van der Waals surface area contributed by atoms with Gasteiger partial charge in [-0.2, -0.15) is 0 Å². The van der Waals surface area contributed by atoms with E-state index in [-0.39, 0.29) is 11.9 Å². The van der Waals surface area contributed by atoms with Crippen molar-refractivity contribution >= 4 is 23.0 Å². The summed E-state index contributed by atoms with van der Waals surface area (Å²) in [6.45, 7) is 0.588. The zero-order valence-corrected chi connectivity index (χ0v) is 16.3.